The van der Waals surface area contributed by atoms with Crippen LogP contribution >= 0.6 is 0 Å². The van der Waals surface area contributed by atoms with Crippen LogP contribution in [0.2, 0.25) is 0 Å². The molecule has 0 radical (unpaired) electrons. The monoisotopic (exact) mass is 464 g/mol. The number of anilines is 1. The van der Waals surface area contributed by atoms with Gasteiger partial charge in [-0.2, -0.15) is 0 Å². The van der Waals surface area contributed by atoms with Crippen molar-refractivity contribution in [2.24, 2.45) is 0 Å². The second kappa shape index (κ2) is 12.3. The van der Waals surface area contributed by atoms with Crippen molar-refractivity contribution in [1.29, 1.82) is 0 Å². The van der Waals surface area contributed by atoms with Gasteiger partial charge in [-0.25, -0.2) is 18.2 Å². The van der Waals surface area contributed by atoms with E-state index in [0.717, 1.165) is 57.5 Å². The summed E-state index contributed by atoms with van der Waals surface area (Å²) < 4.78 is 47.2. The molecule has 4 rings (SSSR count). The van der Waals surface area contributed by atoms with E-state index in [-0.39, 0.29) is 24.3 Å². The van der Waals surface area contributed by atoms with Gasteiger partial charge in [0.2, 0.25) is 0 Å². The van der Waals surface area contributed by atoms with E-state index < -0.39 is 17.5 Å². The first-order valence-electron chi connectivity index (χ1n) is 11.9. The molecular formula is C25H35F3N4O. The number of ether oxygens (including phenoxy) is 1. The molecule has 2 N–H and O–H groups in total. The lowest BCUT2D eigenvalue weighted by molar-refractivity contribution is -0.0665. The molecule has 2 saturated heterocycles. The number of likely N-dealkylation sites (tertiary alicyclic amines) is 2. The lowest BCUT2D eigenvalue weighted by atomic mass is 10.0. The molecular weight excluding hydrogens is 429 g/mol. The SMILES string of the molecule is CC.Nc1cc(CN2CCC(OC3CCN(Cc4c(F)cc(F)cc4F)CC3)CC2)ccn1. The number of nitrogens with two attached hydrogens (primary N) is 1. The van der Waals surface area contributed by atoms with Crippen LogP contribution in [-0.2, 0) is 17.8 Å². The fraction of sp³-hybridized carbons (Fsp3) is 0.560. The molecule has 0 aliphatic carbocycles. The van der Waals surface area contributed by atoms with Crippen LogP contribution in [0.3, 0.4) is 0 Å². The second-order valence-electron chi connectivity index (χ2n) is 8.52. The molecule has 2 aliphatic rings. The third-order valence-corrected chi connectivity index (χ3v) is 6.19. The van der Waals surface area contributed by atoms with Gasteiger partial charge in [-0.15, -0.1) is 0 Å². The number of piperidine rings is 2. The molecule has 2 aliphatic heterocycles. The fourth-order valence-electron chi connectivity index (χ4n) is 4.48. The Morgan fingerprint density at radius 2 is 1.39 bits per heavy atom. The minimum Gasteiger partial charge on any atom is -0.384 e. The van der Waals surface area contributed by atoms with E-state index in [9.17, 15) is 13.2 Å². The summed E-state index contributed by atoms with van der Waals surface area (Å²) in [6, 6.07) is 5.39. The molecule has 1 aromatic carbocycles. The predicted molar refractivity (Wildman–Crippen MR) is 124 cm³/mol. The summed E-state index contributed by atoms with van der Waals surface area (Å²) in [5.74, 6) is -1.98. The maximum Gasteiger partial charge on any atom is 0.133 e. The van der Waals surface area contributed by atoms with E-state index in [1.165, 1.54) is 5.56 Å². The molecule has 3 heterocycles. The average Bonchev–Trinajstić information content (AvgIpc) is 2.80. The van der Waals surface area contributed by atoms with Crippen LogP contribution < -0.4 is 5.73 Å². The molecule has 0 atom stereocenters. The highest BCUT2D eigenvalue weighted by molar-refractivity contribution is 5.31. The van der Waals surface area contributed by atoms with Crippen LogP contribution in [0.25, 0.3) is 0 Å². The Labute approximate surface area is 194 Å². The third-order valence-electron chi connectivity index (χ3n) is 6.19. The van der Waals surface area contributed by atoms with E-state index >= 15 is 0 Å². The van der Waals surface area contributed by atoms with Gasteiger partial charge in [-0.05, 0) is 43.4 Å². The summed E-state index contributed by atoms with van der Waals surface area (Å²) in [5.41, 5.74) is 6.87. The molecule has 182 valence electrons. The van der Waals surface area contributed by atoms with Gasteiger partial charge in [0.1, 0.15) is 23.3 Å². The van der Waals surface area contributed by atoms with E-state index in [1.807, 2.05) is 30.9 Å². The van der Waals surface area contributed by atoms with Crippen LogP contribution in [0, 0.1) is 17.5 Å². The number of halogens is 3. The van der Waals surface area contributed by atoms with Crippen molar-refractivity contribution in [2.45, 2.75) is 64.8 Å². The normalized spacial score (nSPS) is 18.7. The highest BCUT2D eigenvalue weighted by Gasteiger charge is 2.27. The van der Waals surface area contributed by atoms with Crippen LogP contribution in [0.5, 0.6) is 0 Å². The Kier molecular flexibility index (Phi) is 9.52. The van der Waals surface area contributed by atoms with E-state index in [1.54, 1.807) is 6.20 Å². The molecule has 5 nitrogen and oxygen atoms in total. The van der Waals surface area contributed by atoms with Crippen LogP contribution in [-0.4, -0.2) is 53.2 Å². The van der Waals surface area contributed by atoms with Crippen molar-refractivity contribution in [3.8, 4) is 0 Å². The topological polar surface area (TPSA) is 54.6 Å². The molecule has 2 aromatic rings. The molecule has 33 heavy (non-hydrogen) atoms. The van der Waals surface area contributed by atoms with Gasteiger partial charge in [0.15, 0.2) is 0 Å². The number of rotatable bonds is 6. The Balaban J connectivity index is 0.00000149. The van der Waals surface area contributed by atoms with Gasteiger partial charge >= 0.3 is 0 Å². The molecule has 1 aromatic heterocycles. The van der Waals surface area contributed by atoms with Gasteiger partial charge in [0.25, 0.3) is 0 Å². The first-order valence-corrected chi connectivity index (χ1v) is 11.9. The molecule has 0 amide bonds. The summed E-state index contributed by atoms with van der Waals surface area (Å²) in [4.78, 5) is 8.44. The summed E-state index contributed by atoms with van der Waals surface area (Å²) >= 11 is 0. The van der Waals surface area contributed by atoms with Crippen molar-refractivity contribution in [2.75, 3.05) is 31.9 Å². The molecule has 2 fully saturated rings. The van der Waals surface area contributed by atoms with E-state index in [0.29, 0.717) is 18.9 Å². The largest absolute Gasteiger partial charge is 0.384 e. The summed E-state index contributed by atoms with van der Waals surface area (Å²) in [6.45, 7) is 8.41. The Morgan fingerprint density at radius 1 is 0.879 bits per heavy atom. The van der Waals surface area contributed by atoms with Gasteiger partial charge in [0, 0.05) is 63.2 Å². The minimum absolute atomic E-state index is 0.0657. The first kappa shape index (κ1) is 25.5. The van der Waals surface area contributed by atoms with Crippen LogP contribution in [0.4, 0.5) is 19.0 Å². The number of nitrogen functional groups attached to an aromatic ring is 1. The highest BCUT2D eigenvalue weighted by Crippen LogP contribution is 2.24. The number of hydrogen-bond acceptors (Lipinski definition) is 5. The maximum absolute atomic E-state index is 13.9. The van der Waals surface area contributed by atoms with Crippen molar-refractivity contribution >= 4 is 5.82 Å². The second-order valence-corrected chi connectivity index (χ2v) is 8.52. The Morgan fingerprint density at radius 3 is 1.91 bits per heavy atom. The van der Waals surface area contributed by atoms with Crippen LogP contribution in [0.1, 0.15) is 50.7 Å². The summed E-state index contributed by atoms with van der Waals surface area (Å²) in [6.07, 6.45) is 5.82. The molecule has 0 unspecified atom stereocenters. The minimum atomic E-state index is -0.887. The maximum atomic E-state index is 13.9. The lowest BCUT2D eigenvalue weighted by Crippen LogP contribution is -2.41. The standard InChI is InChI=1S/C23H29F3N4O.C2H6/c24-17-12-21(25)20(22(26)13-17)15-30-9-4-19(5-10-30)31-18-2-7-29(8-3-18)14-16-1-6-28-23(27)11-16;1-2/h1,6,11-13,18-19H,2-5,7-10,14-15H2,(H2,27,28);1-2H3. The van der Waals surface area contributed by atoms with Crippen LogP contribution in [0.15, 0.2) is 30.5 Å². The van der Waals surface area contributed by atoms with Crippen molar-refractivity contribution < 1.29 is 17.9 Å². The van der Waals surface area contributed by atoms with Crippen molar-refractivity contribution in [3.05, 3.63) is 59.0 Å². The molecule has 0 saturated carbocycles. The Bertz CT molecular complexity index is 859. The number of benzene rings is 1. The zero-order valence-corrected chi connectivity index (χ0v) is 19.6. The van der Waals surface area contributed by atoms with Gasteiger partial charge in [-0.1, -0.05) is 13.8 Å². The first-order chi connectivity index (χ1) is 16.0. The number of hydrogen-bond donors (Lipinski definition) is 1. The van der Waals surface area contributed by atoms with E-state index in [4.69, 9.17) is 10.5 Å². The van der Waals surface area contributed by atoms with Crippen molar-refractivity contribution in [3.63, 3.8) is 0 Å². The third kappa shape index (κ3) is 7.42. The smallest absolute Gasteiger partial charge is 0.133 e. The molecule has 0 spiro atoms. The fourth-order valence-corrected chi connectivity index (χ4v) is 4.48. The average molecular weight is 465 g/mol. The zero-order valence-electron chi connectivity index (χ0n) is 19.6. The zero-order chi connectivity index (χ0) is 23.8. The lowest BCUT2D eigenvalue weighted by Gasteiger charge is -2.37. The summed E-state index contributed by atoms with van der Waals surface area (Å²) in [7, 11) is 0. The summed E-state index contributed by atoms with van der Waals surface area (Å²) in [5, 5.41) is 0. The van der Waals surface area contributed by atoms with E-state index in [2.05, 4.69) is 9.88 Å². The van der Waals surface area contributed by atoms with Gasteiger partial charge in [0.05, 0.1) is 12.2 Å². The molecule has 0 bridgehead atoms. The van der Waals surface area contributed by atoms with Crippen molar-refractivity contribution in [1.82, 2.24) is 14.8 Å². The predicted octanol–water partition coefficient (Wildman–Crippen LogP) is 4.75. The Hall–Kier alpha value is -2.16. The molecule has 8 heteroatoms. The number of aromatic nitrogens is 1. The highest BCUT2D eigenvalue weighted by atomic mass is 19.1. The quantitative estimate of drug-likeness (QED) is 0.669. The number of nitrogens with zero attached hydrogens (tertiary/aromatic N) is 3. The van der Waals surface area contributed by atoms with Gasteiger partial charge < -0.3 is 10.5 Å². The number of pyridine rings is 1. The van der Waals surface area contributed by atoms with Gasteiger partial charge in [-0.3, -0.25) is 9.80 Å².